The number of sulfonamides is 1. The first kappa shape index (κ1) is 11.5. The van der Waals surface area contributed by atoms with E-state index < -0.39 is 69.9 Å². The molecule has 1 heterocycles. The van der Waals surface area contributed by atoms with Crippen LogP contribution in [-0.4, -0.2) is 14.2 Å². The van der Waals surface area contributed by atoms with Gasteiger partial charge in [-0.05, 0) is 41.3 Å². The molecule has 0 saturated carbocycles. The molecule has 3 aromatic rings. The maximum atomic E-state index is 13.2. The molecule has 0 fully saturated rings. The molecular formula is C22H21ClN2O4S. The number of nitrogens with zero attached hydrogens (tertiary/aromatic N) is 1. The molecule has 0 aliphatic rings. The topological polar surface area (TPSA) is 90.2 Å². The molecule has 0 unspecified atom stereocenters. The van der Waals surface area contributed by atoms with E-state index in [4.69, 9.17) is 26.7 Å². The van der Waals surface area contributed by atoms with Crippen LogP contribution in [0.5, 0.6) is 0 Å². The summed E-state index contributed by atoms with van der Waals surface area (Å²) in [5, 5.41) is 11.5. The average Bonchev–Trinajstić information content (AvgIpc) is 2.77. The summed E-state index contributed by atoms with van der Waals surface area (Å²) < 4.78 is 115. The first-order valence-electron chi connectivity index (χ1n) is 13.7. The van der Waals surface area contributed by atoms with Gasteiger partial charge >= 0.3 is 0 Å². The molecule has 0 radical (unpaired) electrons. The summed E-state index contributed by atoms with van der Waals surface area (Å²) in [5.41, 5.74) is -5.19. The fourth-order valence-electron chi connectivity index (χ4n) is 2.48. The van der Waals surface area contributed by atoms with Gasteiger partial charge < -0.3 is 5.21 Å². The van der Waals surface area contributed by atoms with Gasteiger partial charge in [-0.25, -0.2) is 8.42 Å². The molecule has 0 spiro atoms. The van der Waals surface area contributed by atoms with E-state index in [0.717, 1.165) is 48.8 Å². The van der Waals surface area contributed by atoms with Crippen LogP contribution in [0, 0.1) is 5.21 Å². The van der Waals surface area contributed by atoms with Crippen molar-refractivity contribution in [2.75, 3.05) is 4.72 Å². The lowest BCUT2D eigenvalue weighted by molar-refractivity contribution is -0.605. The van der Waals surface area contributed by atoms with Crippen molar-refractivity contribution in [2.45, 2.75) is 30.9 Å². The van der Waals surface area contributed by atoms with Crippen LogP contribution in [0.2, 0.25) is 5.02 Å². The molecular weight excluding hydrogens is 424 g/mol. The Morgan fingerprint density at radius 3 is 2.37 bits per heavy atom. The summed E-state index contributed by atoms with van der Waals surface area (Å²) in [6, 6.07) is 5.49. The number of pyridine rings is 1. The van der Waals surface area contributed by atoms with Crippen molar-refractivity contribution < 1.29 is 33.0 Å². The first-order valence-corrected chi connectivity index (χ1v) is 10.1. The van der Waals surface area contributed by atoms with Crippen LogP contribution in [-0.2, 0) is 15.4 Å². The van der Waals surface area contributed by atoms with Crippen LogP contribution < -0.4 is 9.45 Å². The van der Waals surface area contributed by atoms with Crippen molar-refractivity contribution in [3.8, 4) is 0 Å². The van der Waals surface area contributed by atoms with E-state index in [2.05, 4.69) is 4.72 Å². The monoisotopic (exact) mass is 455 g/mol. The summed E-state index contributed by atoms with van der Waals surface area (Å²) in [5.74, 6) is -0.992. The number of rotatable bonds is 5. The highest BCUT2D eigenvalue weighted by Crippen LogP contribution is 2.27. The number of nitrogens with one attached hydrogen (secondary N) is 1. The summed E-state index contributed by atoms with van der Waals surface area (Å²) in [6.07, 6.45) is 1.47. The first-order chi connectivity index (χ1) is 18.5. The largest absolute Gasteiger partial charge is 0.619 e. The Labute approximate surface area is 196 Å². The Kier molecular flexibility index (Phi) is 3.09. The summed E-state index contributed by atoms with van der Waals surface area (Å²) >= 11 is 6.00. The standard InChI is InChI=1S/C22H21ClN2O4S/c1-22(2,3)16-4-7-18(8-5-16)30(28,29)24-20-9-6-17(23)14-19(20)21(26)15-10-12-25(27)13-11-15/h4-14,24H,1-3H3/i1D3,2D3,3D3,10D,11D. The lowest BCUT2D eigenvalue weighted by Crippen LogP contribution is -2.24. The highest BCUT2D eigenvalue weighted by Gasteiger charge is 2.21. The van der Waals surface area contributed by atoms with Gasteiger partial charge in [0.25, 0.3) is 10.0 Å². The zero-order valence-electron chi connectivity index (χ0n) is 26.1. The van der Waals surface area contributed by atoms with Gasteiger partial charge in [-0.15, -0.1) is 0 Å². The Hall–Kier alpha value is -2.90. The zero-order chi connectivity index (χ0) is 31.3. The Balaban J connectivity index is 2.10. The van der Waals surface area contributed by atoms with Gasteiger partial charge in [0.1, 0.15) is 0 Å². The van der Waals surface area contributed by atoms with Gasteiger partial charge in [0.2, 0.25) is 0 Å². The highest BCUT2D eigenvalue weighted by molar-refractivity contribution is 7.92. The Morgan fingerprint density at radius 1 is 1.13 bits per heavy atom. The molecule has 8 heteroatoms. The van der Waals surface area contributed by atoms with Crippen LogP contribution in [0.1, 0.15) is 57.1 Å². The number of hydrogen-bond acceptors (Lipinski definition) is 4. The Bertz CT molecular complexity index is 1540. The molecule has 0 atom stereocenters. The second-order valence-electron chi connectivity index (χ2n) is 6.18. The van der Waals surface area contributed by atoms with E-state index in [1.165, 1.54) is 6.07 Å². The maximum Gasteiger partial charge on any atom is 0.261 e. The molecule has 0 amide bonds. The molecule has 6 nitrogen and oxygen atoms in total. The molecule has 1 aromatic heterocycles. The van der Waals surface area contributed by atoms with E-state index in [1.54, 1.807) is 0 Å². The molecule has 2 aromatic carbocycles. The van der Waals surface area contributed by atoms with Crippen LogP contribution in [0.3, 0.4) is 0 Å². The molecule has 1 N–H and O–H groups in total. The van der Waals surface area contributed by atoms with Crippen LogP contribution >= 0.6 is 11.6 Å². The molecule has 0 aliphatic carbocycles. The zero-order valence-corrected chi connectivity index (χ0v) is 16.6. The third kappa shape index (κ3) is 4.80. The predicted octanol–water partition coefficient (Wildman–Crippen LogP) is 4.30. The lowest BCUT2D eigenvalue weighted by Gasteiger charge is -2.19. The van der Waals surface area contributed by atoms with E-state index in [1.807, 2.05) is 0 Å². The number of benzene rings is 2. The number of halogens is 1. The normalized spacial score (nSPS) is 18.5. The van der Waals surface area contributed by atoms with Crippen LogP contribution in [0.4, 0.5) is 5.69 Å². The van der Waals surface area contributed by atoms with Gasteiger partial charge in [0.15, 0.2) is 18.2 Å². The summed E-state index contributed by atoms with van der Waals surface area (Å²) in [6.45, 7) is -10.6. The van der Waals surface area contributed by atoms with Crippen LogP contribution in [0.25, 0.3) is 0 Å². The minimum atomic E-state index is -4.58. The van der Waals surface area contributed by atoms with Crippen molar-refractivity contribution in [1.29, 1.82) is 0 Å². The van der Waals surface area contributed by atoms with Crippen molar-refractivity contribution in [3.05, 3.63) is 93.9 Å². The lowest BCUT2D eigenvalue weighted by atomic mass is 9.87. The van der Waals surface area contributed by atoms with Crippen molar-refractivity contribution in [2.24, 2.45) is 0 Å². The molecule has 0 saturated heterocycles. The SMILES string of the molecule is [2H]c1c[n+]([O-])cc([2H])c1C(=O)c1cc(Cl)ccc1NS(=O)(=O)c1ccc(C(C([2H])([2H])[2H])(C([2H])([2H])[2H])C([2H])([2H])[2H])cc1. The third-order valence-electron chi connectivity index (χ3n) is 3.97. The molecule has 0 aliphatic heterocycles. The van der Waals surface area contributed by atoms with E-state index in [9.17, 15) is 18.4 Å². The van der Waals surface area contributed by atoms with E-state index >= 15 is 0 Å². The third-order valence-corrected chi connectivity index (χ3v) is 5.58. The number of hydrogen-bond donors (Lipinski definition) is 1. The van der Waals surface area contributed by atoms with Crippen LogP contribution in [0.15, 0.2) is 71.8 Å². The second-order valence-corrected chi connectivity index (χ2v) is 8.30. The minimum Gasteiger partial charge on any atom is -0.619 e. The van der Waals surface area contributed by atoms with Gasteiger partial charge in [0.05, 0.1) is 13.3 Å². The number of carbonyl (C=O) groups excluding carboxylic acids is 1. The van der Waals surface area contributed by atoms with Crippen molar-refractivity contribution >= 4 is 33.1 Å². The van der Waals surface area contributed by atoms with E-state index in [-0.39, 0.29) is 21.0 Å². The van der Waals surface area contributed by atoms with Gasteiger partial charge in [-0.2, -0.15) is 4.73 Å². The number of aromatic nitrogens is 1. The summed E-state index contributed by atoms with van der Waals surface area (Å²) in [4.78, 5) is 12.7. The van der Waals surface area contributed by atoms with Gasteiger partial charge in [0, 0.05) is 40.6 Å². The second kappa shape index (κ2) is 8.08. The molecule has 0 bridgehead atoms. The fourth-order valence-corrected chi connectivity index (χ4v) is 3.73. The van der Waals surface area contributed by atoms with Gasteiger partial charge in [-0.1, -0.05) is 44.3 Å². The number of anilines is 1. The summed E-state index contributed by atoms with van der Waals surface area (Å²) in [7, 11) is -4.58. The molecule has 30 heavy (non-hydrogen) atoms. The van der Waals surface area contributed by atoms with E-state index in [0.29, 0.717) is 0 Å². The van der Waals surface area contributed by atoms with Gasteiger partial charge in [-0.3, -0.25) is 9.52 Å². The maximum absolute atomic E-state index is 13.2. The smallest absolute Gasteiger partial charge is 0.261 e. The number of carbonyl (C=O) groups is 1. The fraction of sp³-hybridized carbons (Fsp3) is 0.182. The quantitative estimate of drug-likeness (QED) is 0.352. The minimum absolute atomic E-state index is 0.00358. The Morgan fingerprint density at radius 2 is 1.77 bits per heavy atom. The molecule has 156 valence electrons. The molecule has 3 rings (SSSR count). The van der Waals surface area contributed by atoms with Crippen molar-refractivity contribution in [1.82, 2.24) is 0 Å². The predicted molar refractivity (Wildman–Crippen MR) is 116 cm³/mol. The highest BCUT2D eigenvalue weighted by atomic mass is 35.5. The number of ketones is 1. The average molecular weight is 456 g/mol. The van der Waals surface area contributed by atoms with Crippen molar-refractivity contribution in [3.63, 3.8) is 0 Å².